The normalized spacial score (nSPS) is 12.4. The summed E-state index contributed by atoms with van der Waals surface area (Å²) in [6.07, 6.45) is 2.58. The number of nitrogens with one attached hydrogen (secondary N) is 1. The lowest BCUT2D eigenvalue weighted by molar-refractivity contribution is 0.545. The lowest BCUT2D eigenvalue weighted by Gasteiger charge is -2.17. The Morgan fingerprint density at radius 3 is 2.78 bits per heavy atom. The van der Waals surface area contributed by atoms with E-state index in [-0.39, 0.29) is 6.04 Å². The number of pyridine rings is 1. The molecule has 2 rings (SSSR count). The molecule has 1 aromatic carbocycles. The van der Waals surface area contributed by atoms with Crippen molar-refractivity contribution in [3.8, 4) is 0 Å². The molecule has 18 heavy (non-hydrogen) atoms. The van der Waals surface area contributed by atoms with Crippen molar-refractivity contribution in [2.24, 2.45) is 5.84 Å². The van der Waals surface area contributed by atoms with Gasteiger partial charge in [0.05, 0.1) is 6.04 Å². The quantitative estimate of drug-likeness (QED) is 0.674. The molecule has 3 N–H and O–H groups in total. The van der Waals surface area contributed by atoms with Gasteiger partial charge in [0.15, 0.2) is 0 Å². The van der Waals surface area contributed by atoms with E-state index in [0.29, 0.717) is 0 Å². The van der Waals surface area contributed by atoms with Gasteiger partial charge in [-0.25, -0.2) is 0 Å². The van der Waals surface area contributed by atoms with Crippen LogP contribution in [-0.4, -0.2) is 4.98 Å². The van der Waals surface area contributed by atoms with Crippen molar-refractivity contribution in [1.29, 1.82) is 0 Å². The van der Waals surface area contributed by atoms with Gasteiger partial charge in [0.25, 0.3) is 0 Å². The van der Waals surface area contributed by atoms with E-state index in [0.717, 1.165) is 16.6 Å². The van der Waals surface area contributed by atoms with Gasteiger partial charge in [-0.05, 0) is 36.2 Å². The third kappa shape index (κ3) is 3.16. The van der Waals surface area contributed by atoms with Gasteiger partial charge < -0.3 is 0 Å². The van der Waals surface area contributed by atoms with Crippen molar-refractivity contribution in [1.82, 2.24) is 10.4 Å². The summed E-state index contributed by atoms with van der Waals surface area (Å²) < 4.78 is 1.11. The first kappa shape index (κ1) is 13.2. The van der Waals surface area contributed by atoms with E-state index in [1.165, 1.54) is 11.1 Å². The summed E-state index contributed by atoms with van der Waals surface area (Å²) >= 11 is 3.50. The Labute approximate surface area is 116 Å². The predicted octanol–water partition coefficient (Wildman–Crippen LogP) is 2.90. The maximum atomic E-state index is 5.65. The monoisotopic (exact) mass is 305 g/mol. The molecule has 0 radical (unpaired) electrons. The first-order valence-electron chi connectivity index (χ1n) is 5.83. The molecule has 0 fully saturated rings. The van der Waals surface area contributed by atoms with E-state index in [4.69, 9.17) is 5.84 Å². The molecule has 1 heterocycles. The van der Waals surface area contributed by atoms with Crippen molar-refractivity contribution in [3.05, 3.63) is 63.9 Å². The van der Waals surface area contributed by atoms with Gasteiger partial charge in [-0.15, -0.1) is 0 Å². The molecule has 0 aliphatic carbocycles. The Bertz CT molecular complexity index is 514. The predicted molar refractivity (Wildman–Crippen MR) is 76.9 cm³/mol. The molecule has 4 heteroatoms. The van der Waals surface area contributed by atoms with Crippen LogP contribution in [-0.2, 0) is 6.42 Å². The van der Waals surface area contributed by atoms with Crippen LogP contribution in [0.5, 0.6) is 0 Å². The molecule has 94 valence electrons. The Balaban J connectivity index is 2.20. The first-order valence-corrected chi connectivity index (χ1v) is 6.62. The van der Waals surface area contributed by atoms with Crippen LogP contribution in [0.25, 0.3) is 0 Å². The number of aryl methyl sites for hydroxylation is 1. The highest BCUT2D eigenvalue weighted by atomic mass is 79.9. The van der Waals surface area contributed by atoms with Crippen LogP contribution in [0.2, 0.25) is 0 Å². The van der Waals surface area contributed by atoms with E-state index in [1.807, 2.05) is 24.3 Å². The molecule has 1 atom stereocenters. The van der Waals surface area contributed by atoms with Gasteiger partial charge >= 0.3 is 0 Å². The molecule has 1 unspecified atom stereocenters. The van der Waals surface area contributed by atoms with Gasteiger partial charge in [0.2, 0.25) is 0 Å². The summed E-state index contributed by atoms with van der Waals surface area (Å²) in [5.74, 6) is 5.65. The summed E-state index contributed by atoms with van der Waals surface area (Å²) in [4.78, 5) is 4.33. The van der Waals surface area contributed by atoms with Crippen LogP contribution in [0.1, 0.15) is 22.9 Å². The SMILES string of the molecule is Cc1cc(C(Cc2ccccn2)NN)ccc1Br. The Kier molecular flexibility index (Phi) is 4.47. The molecule has 1 aromatic heterocycles. The van der Waals surface area contributed by atoms with Crippen molar-refractivity contribution < 1.29 is 0 Å². The highest BCUT2D eigenvalue weighted by Gasteiger charge is 2.12. The van der Waals surface area contributed by atoms with Gasteiger partial charge in [-0.3, -0.25) is 16.3 Å². The molecule has 0 aliphatic rings. The van der Waals surface area contributed by atoms with E-state index in [9.17, 15) is 0 Å². The number of nitrogens with two attached hydrogens (primary N) is 1. The zero-order valence-corrected chi connectivity index (χ0v) is 11.8. The third-order valence-corrected chi connectivity index (χ3v) is 3.81. The highest BCUT2D eigenvalue weighted by Crippen LogP contribution is 2.22. The van der Waals surface area contributed by atoms with E-state index >= 15 is 0 Å². The van der Waals surface area contributed by atoms with Crippen LogP contribution in [0, 0.1) is 6.92 Å². The summed E-state index contributed by atoms with van der Waals surface area (Å²) in [5, 5.41) is 0. The van der Waals surface area contributed by atoms with Crippen molar-refractivity contribution >= 4 is 15.9 Å². The summed E-state index contributed by atoms with van der Waals surface area (Å²) in [7, 11) is 0. The molecular weight excluding hydrogens is 290 g/mol. The summed E-state index contributed by atoms with van der Waals surface area (Å²) in [6, 6.07) is 12.2. The van der Waals surface area contributed by atoms with Crippen LogP contribution in [0.15, 0.2) is 47.1 Å². The fourth-order valence-corrected chi connectivity index (χ4v) is 2.13. The second-order valence-electron chi connectivity index (χ2n) is 4.25. The Morgan fingerprint density at radius 2 is 2.17 bits per heavy atom. The van der Waals surface area contributed by atoms with Crippen molar-refractivity contribution in [2.45, 2.75) is 19.4 Å². The zero-order valence-electron chi connectivity index (χ0n) is 10.2. The summed E-state index contributed by atoms with van der Waals surface area (Å²) in [6.45, 7) is 2.07. The van der Waals surface area contributed by atoms with Crippen LogP contribution in [0.4, 0.5) is 0 Å². The Morgan fingerprint density at radius 1 is 1.33 bits per heavy atom. The smallest absolute Gasteiger partial charge is 0.0515 e. The van der Waals surface area contributed by atoms with Gasteiger partial charge in [0.1, 0.15) is 0 Å². The van der Waals surface area contributed by atoms with Crippen molar-refractivity contribution in [3.63, 3.8) is 0 Å². The molecule has 2 aromatic rings. The fourth-order valence-electron chi connectivity index (χ4n) is 1.89. The fraction of sp³-hybridized carbons (Fsp3) is 0.214. The Hall–Kier alpha value is -1.23. The van der Waals surface area contributed by atoms with Crippen LogP contribution >= 0.6 is 15.9 Å². The number of hydrogen-bond acceptors (Lipinski definition) is 3. The van der Waals surface area contributed by atoms with E-state index in [2.05, 4.69) is 45.4 Å². The van der Waals surface area contributed by atoms with Gasteiger partial charge in [-0.1, -0.05) is 34.1 Å². The second kappa shape index (κ2) is 6.09. The van der Waals surface area contributed by atoms with Gasteiger partial charge in [-0.2, -0.15) is 0 Å². The van der Waals surface area contributed by atoms with E-state index in [1.54, 1.807) is 6.20 Å². The average molecular weight is 306 g/mol. The van der Waals surface area contributed by atoms with Crippen LogP contribution in [0.3, 0.4) is 0 Å². The maximum absolute atomic E-state index is 5.65. The first-order chi connectivity index (χ1) is 8.70. The lowest BCUT2D eigenvalue weighted by Crippen LogP contribution is -2.29. The number of benzene rings is 1. The number of hydrazine groups is 1. The minimum atomic E-state index is 0.0756. The molecule has 0 aliphatic heterocycles. The second-order valence-corrected chi connectivity index (χ2v) is 5.11. The topological polar surface area (TPSA) is 50.9 Å². The maximum Gasteiger partial charge on any atom is 0.0515 e. The molecule has 0 saturated heterocycles. The van der Waals surface area contributed by atoms with Crippen molar-refractivity contribution in [2.75, 3.05) is 0 Å². The van der Waals surface area contributed by atoms with Gasteiger partial charge in [0, 0.05) is 22.8 Å². The standard InChI is InChI=1S/C14H16BrN3/c1-10-8-11(5-6-13(10)15)14(18-16)9-12-4-2-3-7-17-12/h2-8,14,18H,9,16H2,1H3. The number of halogens is 1. The highest BCUT2D eigenvalue weighted by molar-refractivity contribution is 9.10. The number of aromatic nitrogens is 1. The molecule has 0 amide bonds. The average Bonchev–Trinajstić information content (AvgIpc) is 2.40. The third-order valence-electron chi connectivity index (χ3n) is 2.92. The minimum absolute atomic E-state index is 0.0756. The molecule has 0 saturated carbocycles. The molecule has 3 nitrogen and oxygen atoms in total. The zero-order chi connectivity index (χ0) is 13.0. The van der Waals surface area contributed by atoms with Crippen LogP contribution < -0.4 is 11.3 Å². The molecular formula is C14H16BrN3. The number of nitrogens with zero attached hydrogens (tertiary/aromatic N) is 1. The minimum Gasteiger partial charge on any atom is -0.271 e. The largest absolute Gasteiger partial charge is 0.271 e. The molecule has 0 spiro atoms. The lowest BCUT2D eigenvalue weighted by atomic mass is 10.0. The number of hydrogen-bond donors (Lipinski definition) is 2. The summed E-state index contributed by atoms with van der Waals surface area (Å²) in [5.41, 5.74) is 6.26. The van der Waals surface area contributed by atoms with E-state index < -0.39 is 0 Å². The molecule has 0 bridgehead atoms. The number of rotatable bonds is 4.